The Bertz CT molecular complexity index is 705. The van der Waals surface area contributed by atoms with E-state index in [-0.39, 0.29) is 5.91 Å². The molecule has 0 N–H and O–H groups in total. The van der Waals surface area contributed by atoms with Crippen molar-refractivity contribution in [1.82, 2.24) is 19.7 Å². The van der Waals surface area contributed by atoms with Crippen LogP contribution in [0.15, 0.2) is 54.4 Å². The standard InChI is InChI=1S/C15H14N4OS/c1-18(9-14-3-2-8-21-14)15(20)12-4-6-13(7-5-12)19-11-16-10-17-19/h2-8,10-11H,9H2,1H3. The summed E-state index contributed by atoms with van der Waals surface area (Å²) < 4.78 is 1.66. The van der Waals surface area contributed by atoms with Gasteiger partial charge in [-0.25, -0.2) is 9.67 Å². The number of benzene rings is 1. The van der Waals surface area contributed by atoms with Crippen molar-refractivity contribution in [2.45, 2.75) is 6.54 Å². The fourth-order valence-corrected chi connectivity index (χ4v) is 2.78. The van der Waals surface area contributed by atoms with Crippen LogP contribution in [0.1, 0.15) is 15.2 Å². The third-order valence-corrected chi connectivity index (χ3v) is 3.98. The third-order valence-electron chi connectivity index (χ3n) is 3.12. The molecular formula is C15H14N4OS. The van der Waals surface area contributed by atoms with E-state index < -0.39 is 0 Å². The van der Waals surface area contributed by atoms with E-state index in [0.29, 0.717) is 12.1 Å². The Morgan fingerprint density at radius 2 is 2.10 bits per heavy atom. The van der Waals surface area contributed by atoms with Gasteiger partial charge in [0.2, 0.25) is 0 Å². The highest BCUT2D eigenvalue weighted by molar-refractivity contribution is 7.09. The number of hydrogen-bond acceptors (Lipinski definition) is 4. The Morgan fingerprint density at radius 3 is 2.71 bits per heavy atom. The van der Waals surface area contributed by atoms with Gasteiger partial charge in [0.1, 0.15) is 12.7 Å². The van der Waals surface area contributed by atoms with Gasteiger partial charge in [-0.2, -0.15) is 5.10 Å². The summed E-state index contributed by atoms with van der Waals surface area (Å²) in [5.41, 5.74) is 1.54. The second kappa shape index (κ2) is 5.88. The van der Waals surface area contributed by atoms with Crippen LogP contribution in [-0.2, 0) is 6.54 Å². The van der Waals surface area contributed by atoms with Crippen molar-refractivity contribution in [1.29, 1.82) is 0 Å². The maximum atomic E-state index is 12.4. The van der Waals surface area contributed by atoms with Crippen LogP contribution in [0, 0.1) is 0 Å². The second-order valence-electron chi connectivity index (χ2n) is 4.63. The van der Waals surface area contributed by atoms with Crippen LogP contribution >= 0.6 is 11.3 Å². The van der Waals surface area contributed by atoms with Crippen LogP contribution in [0.2, 0.25) is 0 Å². The highest BCUT2D eigenvalue weighted by atomic mass is 32.1. The predicted octanol–water partition coefficient (Wildman–Crippen LogP) is 2.60. The van der Waals surface area contributed by atoms with Crippen molar-refractivity contribution in [3.63, 3.8) is 0 Å². The minimum atomic E-state index is 0.00791. The zero-order valence-electron chi connectivity index (χ0n) is 11.5. The average Bonchev–Trinajstić information content (AvgIpc) is 3.20. The van der Waals surface area contributed by atoms with Crippen LogP contribution in [0.4, 0.5) is 0 Å². The topological polar surface area (TPSA) is 51.0 Å². The van der Waals surface area contributed by atoms with E-state index in [4.69, 9.17) is 0 Å². The minimum Gasteiger partial charge on any atom is -0.337 e. The number of aromatic nitrogens is 3. The molecule has 6 heteroatoms. The molecule has 2 aromatic heterocycles. The number of hydrogen-bond donors (Lipinski definition) is 0. The van der Waals surface area contributed by atoms with Gasteiger partial charge < -0.3 is 4.90 Å². The van der Waals surface area contributed by atoms with Gasteiger partial charge >= 0.3 is 0 Å². The zero-order valence-corrected chi connectivity index (χ0v) is 12.3. The summed E-state index contributed by atoms with van der Waals surface area (Å²) in [6.45, 7) is 0.626. The Hall–Kier alpha value is -2.47. The van der Waals surface area contributed by atoms with Crippen LogP contribution in [0.3, 0.4) is 0 Å². The molecule has 0 aliphatic rings. The van der Waals surface area contributed by atoms with Crippen LogP contribution < -0.4 is 0 Å². The van der Waals surface area contributed by atoms with Gasteiger partial charge in [-0.3, -0.25) is 4.79 Å². The lowest BCUT2D eigenvalue weighted by molar-refractivity contribution is 0.0786. The van der Waals surface area contributed by atoms with Crippen molar-refractivity contribution in [3.05, 3.63) is 64.9 Å². The number of thiophene rings is 1. The van der Waals surface area contributed by atoms with Gasteiger partial charge in [0, 0.05) is 17.5 Å². The molecule has 0 radical (unpaired) electrons. The first kappa shape index (κ1) is 13.5. The normalized spacial score (nSPS) is 10.5. The van der Waals surface area contributed by atoms with E-state index in [1.165, 1.54) is 11.2 Å². The molecule has 3 aromatic rings. The molecule has 1 aromatic carbocycles. The molecule has 0 aliphatic carbocycles. The van der Waals surface area contributed by atoms with Crippen LogP contribution in [0.25, 0.3) is 5.69 Å². The molecule has 0 atom stereocenters. The molecule has 0 aliphatic heterocycles. The Labute approximate surface area is 126 Å². The molecule has 0 spiro atoms. The van der Waals surface area contributed by atoms with E-state index in [0.717, 1.165) is 5.69 Å². The summed E-state index contributed by atoms with van der Waals surface area (Å²) in [5, 5.41) is 6.07. The predicted molar refractivity (Wildman–Crippen MR) is 81.5 cm³/mol. The van der Waals surface area contributed by atoms with Crippen LogP contribution in [-0.4, -0.2) is 32.6 Å². The molecule has 5 nitrogen and oxygen atoms in total. The van der Waals surface area contributed by atoms with Crippen molar-refractivity contribution >= 4 is 17.2 Å². The summed E-state index contributed by atoms with van der Waals surface area (Å²) in [6, 6.07) is 11.4. The first-order chi connectivity index (χ1) is 10.2. The van der Waals surface area contributed by atoms with Gasteiger partial charge in [-0.15, -0.1) is 11.3 Å². The maximum absolute atomic E-state index is 12.4. The van der Waals surface area contributed by atoms with E-state index in [1.807, 2.05) is 48.8 Å². The molecule has 0 bridgehead atoms. The molecule has 1 amide bonds. The van der Waals surface area contributed by atoms with Gasteiger partial charge in [0.25, 0.3) is 5.91 Å². The van der Waals surface area contributed by atoms with E-state index in [2.05, 4.69) is 10.1 Å². The van der Waals surface area contributed by atoms with Crippen molar-refractivity contribution < 1.29 is 4.79 Å². The van der Waals surface area contributed by atoms with Gasteiger partial charge in [0.05, 0.1) is 12.2 Å². The summed E-state index contributed by atoms with van der Waals surface area (Å²) >= 11 is 1.65. The molecule has 3 rings (SSSR count). The quantitative estimate of drug-likeness (QED) is 0.744. The summed E-state index contributed by atoms with van der Waals surface area (Å²) in [4.78, 5) is 19.2. The van der Waals surface area contributed by atoms with Crippen LogP contribution in [0.5, 0.6) is 0 Å². The Morgan fingerprint density at radius 1 is 1.29 bits per heavy atom. The maximum Gasteiger partial charge on any atom is 0.253 e. The summed E-state index contributed by atoms with van der Waals surface area (Å²) in [5.74, 6) is 0.00791. The van der Waals surface area contributed by atoms with Crippen molar-refractivity contribution in [3.8, 4) is 5.69 Å². The van der Waals surface area contributed by atoms with E-state index in [1.54, 1.807) is 27.2 Å². The van der Waals surface area contributed by atoms with Gasteiger partial charge in [0.15, 0.2) is 0 Å². The minimum absolute atomic E-state index is 0.00791. The molecule has 106 valence electrons. The molecular weight excluding hydrogens is 284 g/mol. The number of carbonyl (C=O) groups excluding carboxylic acids is 1. The first-order valence-electron chi connectivity index (χ1n) is 6.47. The molecule has 0 saturated carbocycles. The summed E-state index contributed by atoms with van der Waals surface area (Å²) in [6.07, 6.45) is 3.10. The van der Waals surface area contributed by atoms with Gasteiger partial charge in [-0.1, -0.05) is 6.07 Å². The van der Waals surface area contributed by atoms with E-state index in [9.17, 15) is 4.79 Å². The average molecular weight is 298 g/mol. The lowest BCUT2D eigenvalue weighted by atomic mass is 10.2. The SMILES string of the molecule is CN(Cc1cccs1)C(=O)c1ccc(-n2cncn2)cc1. The van der Waals surface area contributed by atoms with Gasteiger partial charge in [-0.05, 0) is 35.7 Å². The third kappa shape index (κ3) is 3.00. The second-order valence-corrected chi connectivity index (χ2v) is 5.66. The van der Waals surface area contributed by atoms with Crippen molar-refractivity contribution in [2.75, 3.05) is 7.05 Å². The number of amides is 1. The molecule has 21 heavy (non-hydrogen) atoms. The highest BCUT2D eigenvalue weighted by Gasteiger charge is 2.12. The largest absolute Gasteiger partial charge is 0.337 e. The molecule has 0 unspecified atom stereocenters. The lowest BCUT2D eigenvalue weighted by Gasteiger charge is -2.16. The first-order valence-corrected chi connectivity index (χ1v) is 7.35. The zero-order chi connectivity index (χ0) is 14.7. The molecule has 2 heterocycles. The number of nitrogens with zero attached hydrogens (tertiary/aromatic N) is 4. The van der Waals surface area contributed by atoms with E-state index >= 15 is 0 Å². The number of carbonyl (C=O) groups is 1. The smallest absolute Gasteiger partial charge is 0.253 e. The summed E-state index contributed by atoms with van der Waals surface area (Å²) in [7, 11) is 1.81. The fourth-order valence-electron chi connectivity index (χ4n) is 2.03. The molecule has 0 saturated heterocycles. The molecule has 0 fully saturated rings. The Balaban J connectivity index is 1.72. The lowest BCUT2D eigenvalue weighted by Crippen LogP contribution is -2.25. The number of rotatable bonds is 4. The monoisotopic (exact) mass is 298 g/mol. The fraction of sp³-hybridized carbons (Fsp3) is 0.133. The Kier molecular flexibility index (Phi) is 3.79. The highest BCUT2D eigenvalue weighted by Crippen LogP contribution is 2.14. The van der Waals surface area contributed by atoms with Crippen molar-refractivity contribution in [2.24, 2.45) is 0 Å².